The number of carbonyl (C=O) groups excluding carboxylic acids is 2. The maximum Gasteiger partial charge on any atom is 0.240 e. The number of amides is 1. The minimum absolute atomic E-state index is 0.0436. The third-order valence-corrected chi connectivity index (χ3v) is 5.46. The zero-order valence-electron chi connectivity index (χ0n) is 17.5. The number of benzene rings is 3. The highest BCUT2D eigenvalue weighted by Crippen LogP contribution is 2.37. The van der Waals surface area contributed by atoms with Crippen LogP contribution in [0, 0.1) is 6.92 Å². The molecule has 1 amide bonds. The second-order valence-corrected chi connectivity index (χ2v) is 7.67. The third kappa shape index (κ3) is 4.86. The maximum atomic E-state index is 12.3. The Hall–Kier alpha value is -3.79. The first-order chi connectivity index (χ1) is 15.1. The fourth-order valence-corrected chi connectivity index (χ4v) is 3.77. The molecular formula is C27H24N2O2. The summed E-state index contributed by atoms with van der Waals surface area (Å²) in [6.45, 7) is 1.97. The summed E-state index contributed by atoms with van der Waals surface area (Å²) in [5.74, 6) is -0.317. The fourth-order valence-electron chi connectivity index (χ4n) is 3.77. The van der Waals surface area contributed by atoms with Crippen LogP contribution < -0.4 is 5.43 Å². The zero-order chi connectivity index (χ0) is 21.6. The minimum atomic E-state index is -0.273. The molecule has 1 aliphatic carbocycles. The van der Waals surface area contributed by atoms with E-state index in [-0.39, 0.29) is 24.5 Å². The molecule has 0 bridgehead atoms. The summed E-state index contributed by atoms with van der Waals surface area (Å²) in [5.41, 5.74) is 10.0. The number of hydrogen-bond donors (Lipinski definition) is 1. The van der Waals surface area contributed by atoms with E-state index in [1.165, 1.54) is 11.1 Å². The van der Waals surface area contributed by atoms with E-state index in [2.05, 4.69) is 34.8 Å². The number of hydrogen-bond acceptors (Lipinski definition) is 3. The molecule has 154 valence electrons. The van der Waals surface area contributed by atoms with Crippen molar-refractivity contribution in [3.63, 3.8) is 0 Å². The van der Waals surface area contributed by atoms with E-state index >= 15 is 0 Å². The molecule has 0 radical (unpaired) electrons. The molecule has 31 heavy (non-hydrogen) atoms. The van der Waals surface area contributed by atoms with Crippen LogP contribution in [0.1, 0.15) is 45.5 Å². The number of allylic oxidation sites excluding steroid dienone is 2. The first kappa shape index (κ1) is 20.5. The van der Waals surface area contributed by atoms with Crippen molar-refractivity contribution in [2.45, 2.75) is 26.2 Å². The van der Waals surface area contributed by atoms with Gasteiger partial charge < -0.3 is 0 Å². The number of rotatable bonds is 7. The van der Waals surface area contributed by atoms with Gasteiger partial charge >= 0.3 is 0 Å². The molecule has 4 heteroatoms. The first-order valence-electron chi connectivity index (χ1n) is 10.4. The van der Waals surface area contributed by atoms with E-state index < -0.39 is 0 Å². The molecule has 0 atom stereocenters. The van der Waals surface area contributed by atoms with Crippen LogP contribution in [0.3, 0.4) is 0 Å². The summed E-state index contributed by atoms with van der Waals surface area (Å²) in [7, 11) is 0. The van der Waals surface area contributed by atoms with Crippen LogP contribution in [0.15, 0.2) is 84.0 Å². The lowest BCUT2D eigenvalue weighted by Crippen LogP contribution is -2.18. The first-order valence-corrected chi connectivity index (χ1v) is 10.4. The molecule has 0 aromatic heterocycles. The van der Waals surface area contributed by atoms with E-state index in [0.717, 1.165) is 28.7 Å². The highest BCUT2D eigenvalue weighted by Gasteiger charge is 2.21. The van der Waals surface area contributed by atoms with Gasteiger partial charge in [-0.1, -0.05) is 84.4 Å². The van der Waals surface area contributed by atoms with Gasteiger partial charge in [0.2, 0.25) is 5.91 Å². The molecule has 3 aromatic rings. The Bertz CT molecular complexity index is 1160. The number of nitrogens with one attached hydrogen (secondary N) is 1. The van der Waals surface area contributed by atoms with Crippen LogP contribution in [-0.4, -0.2) is 17.9 Å². The van der Waals surface area contributed by atoms with Gasteiger partial charge in [-0.3, -0.25) is 9.59 Å². The van der Waals surface area contributed by atoms with Crippen LogP contribution in [0.4, 0.5) is 0 Å². The number of ketones is 1. The summed E-state index contributed by atoms with van der Waals surface area (Å²) in [6.07, 6.45) is 2.81. The second kappa shape index (κ2) is 9.35. The van der Waals surface area contributed by atoms with Crippen molar-refractivity contribution >= 4 is 29.1 Å². The van der Waals surface area contributed by atoms with Crippen LogP contribution >= 0.6 is 0 Å². The van der Waals surface area contributed by atoms with E-state index in [9.17, 15) is 9.59 Å². The monoisotopic (exact) mass is 408 g/mol. The number of carbonyl (C=O) groups is 2. The van der Waals surface area contributed by atoms with Crippen molar-refractivity contribution in [3.8, 4) is 0 Å². The van der Waals surface area contributed by atoms with Crippen LogP contribution in [0.5, 0.6) is 0 Å². The van der Waals surface area contributed by atoms with Gasteiger partial charge in [0.25, 0.3) is 0 Å². The van der Waals surface area contributed by atoms with Crippen molar-refractivity contribution in [1.82, 2.24) is 5.43 Å². The van der Waals surface area contributed by atoms with Gasteiger partial charge in [0, 0.05) is 24.0 Å². The smallest absolute Gasteiger partial charge is 0.240 e. The molecule has 3 aromatic carbocycles. The van der Waals surface area contributed by atoms with Gasteiger partial charge in [-0.25, -0.2) is 5.43 Å². The largest absolute Gasteiger partial charge is 0.294 e. The Labute approximate surface area is 182 Å². The molecule has 0 saturated heterocycles. The Morgan fingerprint density at radius 2 is 1.61 bits per heavy atom. The standard InChI is InChI=1S/C27H24N2O2/c1-19-11-13-21(14-12-19)26(30)15-16-27(31)29-28-18-25-23-10-6-5-9-22(23)17-24(25)20-7-3-2-4-8-20/h2-14,18H,15-17H2,1H3,(H,29,31)/b28-18+. The molecule has 0 heterocycles. The number of aryl methyl sites for hydroxylation is 1. The van der Waals surface area contributed by atoms with Crippen molar-refractivity contribution in [1.29, 1.82) is 0 Å². The highest BCUT2D eigenvalue weighted by atomic mass is 16.2. The van der Waals surface area contributed by atoms with Gasteiger partial charge in [-0.05, 0) is 35.6 Å². The Morgan fingerprint density at radius 3 is 2.39 bits per heavy atom. The lowest BCUT2D eigenvalue weighted by Gasteiger charge is -2.05. The average Bonchev–Trinajstić information content (AvgIpc) is 3.17. The highest BCUT2D eigenvalue weighted by molar-refractivity contribution is 6.22. The van der Waals surface area contributed by atoms with E-state index in [1.807, 2.05) is 49.4 Å². The molecule has 1 aliphatic rings. The maximum absolute atomic E-state index is 12.3. The van der Waals surface area contributed by atoms with Gasteiger partial charge in [0.1, 0.15) is 0 Å². The summed E-state index contributed by atoms with van der Waals surface area (Å²) in [6, 6.07) is 25.8. The van der Waals surface area contributed by atoms with Crippen LogP contribution in [-0.2, 0) is 11.2 Å². The average molecular weight is 409 g/mol. The summed E-state index contributed by atoms with van der Waals surface area (Å²) in [5, 5.41) is 4.20. The predicted octanol–water partition coefficient (Wildman–Crippen LogP) is 5.23. The summed E-state index contributed by atoms with van der Waals surface area (Å²) < 4.78 is 0. The van der Waals surface area contributed by atoms with E-state index in [1.54, 1.807) is 18.3 Å². The molecule has 4 nitrogen and oxygen atoms in total. The van der Waals surface area contributed by atoms with E-state index in [0.29, 0.717) is 5.56 Å². The van der Waals surface area contributed by atoms with Gasteiger partial charge in [0.05, 0.1) is 6.21 Å². The van der Waals surface area contributed by atoms with Gasteiger partial charge in [-0.2, -0.15) is 5.10 Å². The zero-order valence-corrected chi connectivity index (χ0v) is 17.5. The fraction of sp³-hybridized carbons (Fsp3) is 0.148. The van der Waals surface area contributed by atoms with Crippen LogP contribution in [0.25, 0.3) is 11.1 Å². The van der Waals surface area contributed by atoms with Gasteiger partial charge in [-0.15, -0.1) is 0 Å². The predicted molar refractivity (Wildman–Crippen MR) is 125 cm³/mol. The molecule has 0 unspecified atom stereocenters. The van der Waals surface area contributed by atoms with Crippen molar-refractivity contribution < 1.29 is 9.59 Å². The Balaban J connectivity index is 1.42. The quantitative estimate of drug-likeness (QED) is 0.331. The lowest BCUT2D eigenvalue weighted by molar-refractivity contribution is -0.121. The minimum Gasteiger partial charge on any atom is -0.294 e. The van der Waals surface area contributed by atoms with Crippen molar-refractivity contribution in [3.05, 3.63) is 107 Å². The third-order valence-electron chi connectivity index (χ3n) is 5.46. The Kier molecular flexibility index (Phi) is 6.18. The number of Topliss-reactive ketones (excluding diaryl/α,β-unsaturated/α-hetero) is 1. The molecule has 0 fully saturated rings. The van der Waals surface area contributed by atoms with Crippen molar-refractivity contribution in [2.75, 3.05) is 0 Å². The topological polar surface area (TPSA) is 58.5 Å². The summed E-state index contributed by atoms with van der Waals surface area (Å²) >= 11 is 0. The molecular weight excluding hydrogens is 384 g/mol. The van der Waals surface area contributed by atoms with Crippen molar-refractivity contribution in [2.24, 2.45) is 5.10 Å². The van der Waals surface area contributed by atoms with E-state index in [4.69, 9.17) is 0 Å². The number of fused-ring (bicyclic) bond motifs is 1. The molecule has 0 saturated carbocycles. The van der Waals surface area contributed by atoms with Crippen LogP contribution in [0.2, 0.25) is 0 Å². The normalized spacial score (nSPS) is 12.8. The Morgan fingerprint density at radius 1 is 0.903 bits per heavy atom. The summed E-state index contributed by atoms with van der Waals surface area (Å²) in [4.78, 5) is 24.5. The lowest BCUT2D eigenvalue weighted by atomic mass is 10.0. The molecule has 1 N–H and O–H groups in total. The number of hydrazone groups is 1. The molecule has 4 rings (SSSR count). The SMILES string of the molecule is Cc1ccc(C(=O)CCC(=O)N/N=C/C2=C(c3ccccc3)Cc3ccccc32)cc1. The second-order valence-electron chi connectivity index (χ2n) is 7.67. The van der Waals surface area contributed by atoms with Gasteiger partial charge in [0.15, 0.2) is 5.78 Å². The molecule has 0 spiro atoms. The molecule has 0 aliphatic heterocycles. The number of nitrogens with zero attached hydrogens (tertiary/aromatic N) is 1.